The van der Waals surface area contributed by atoms with Crippen LogP contribution in [-0.4, -0.2) is 9.55 Å². The summed E-state index contributed by atoms with van der Waals surface area (Å²) < 4.78 is 2.27. The van der Waals surface area contributed by atoms with Crippen LogP contribution in [0, 0.1) is 13.8 Å². The van der Waals surface area contributed by atoms with E-state index in [2.05, 4.69) is 103 Å². The van der Waals surface area contributed by atoms with Crippen LogP contribution in [0.3, 0.4) is 0 Å². The summed E-state index contributed by atoms with van der Waals surface area (Å²) in [6.07, 6.45) is 1.97. The van der Waals surface area contributed by atoms with E-state index in [0.717, 1.165) is 17.2 Å². The summed E-state index contributed by atoms with van der Waals surface area (Å²) in [5.41, 5.74) is 6.05. The summed E-state index contributed by atoms with van der Waals surface area (Å²) in [6, 6.07) is 29.9. The number of rotatable bonds is 4. The van der Waals surface area contributed by atoms with E-state index >= 15 is 0 Å². The van der Waals surface area contributed by atoms with Gasteiger partial charge in [0.15, 0.2) is 0 Å². The SMILES string of the molecule is Cc1ccc(-n2c(C)cnc2C(c2ccccc2)c2ccccc2)cc1. The predicted molar refractivity (Wildman–Crippen MR) is 107 cm³/mol. The predicted octanol–water partition coefficient (Wildman–Crippen LogP) is 5.67. The van der Waals surface area contributed by atoms with E-state index in [4.69, 9.17) is 4.98 Å². The Kier molecular flexibility index (Phi) is 4.40. The van der Waals surface area contributed by atoms with Gasteiger partial charge in [-0.3, -0.25) is 0 Å². The number of benzene rings is 3. The van der Waals surface area contributed by atoms with Gasteiger partial charge in [0.1, 0.15) is 5.82 Å². The molecule has 128 valence electrons. The highest BCUT2D eigenvalue weighted by molar-refractivity contribution is 5.44. The number of hydrogen-bond acceptors (Lipinski definition) is 1. The first-order chi connectivity index (χ1) is 12.7. The smallest absolute Gasteiger partial charge is 0.125 e. The molecule has 0 N–H and O–H groups in total. The first kappa shape index (κ1) is 16.3. The monoisotopic (exact) mass is 338 g/mol. The minimum Gasteiger partial charge on any atom is -0.300 e. The van der Waals surface area contributed by atoms with Crippen LogP contribution in [0.25, 0.3) is 5.69 Å². The Hall–Kier alpha value is -3.13. The Balaban J connectivity index is 1.92. The highest BCUT2D eigenvalue weighted by Crippen LogP contribution is 2.33. The lowest BCUT2D eigenvalue weighted by Crippen LogP contribution is -2.11. The Labute approximate surface area is 154 Å². The molecule has 0 saturated carbocycles. The molecule has 0 spiro atoms. The van der Waals surface area contributed by atoms with Crippen LogP contribution in [0.5, 0.6) is 0 Å². The molecule has 0 saturated heterocycles. The quantitative estimate of drug-likeness (QED) is 0.469. The molecule has 2 heteroatoms. The standard InChI is InChI=1S/C24H22N2/c1-18-13-15-22(16-14-18)26-19(2)17-25-24(26)23(20-9-5-3-6-10-20)21-11-7-4-8-12-21/h3-17,23H,1-2H3. The van der Waals surface area contributed by atoms with Crippen LogP contribution in [0.2, 0.25) is 0 Å². The fourth-order valence-corrected chi connectivity index (χ4v) is 3.47. The van der Waals surface area contributed by atoms with Crippen molar-refractivity contribution in [2.24, 2.45) is 0 Å². The fraction of sp³-hybridized carbons (Fsp3) is 0.125. The number of aromatic nitrogens is 2. The van der Waals surface area contributed by atoms with E-state index in [0.29, 0.717) is 0 Å². The molecule has 0 aliphatic rings. The topological polar surface area (TPSA) is 17.8 Å². The summed E-state index contributed by atoms with van der Waals surface area (Å²) in [7, 11) is 0. The van der Waals surface area contributed by atoms with Crippen LogP contribution < -0.4 is 0 Å². The van der Waals surface area contributed by atoms with Crippen molar-refractivity contribution in [1.82, 2.24) is 9.55 Å². The molecule has 0 aliphatic carbocycles. The molecule has 4 rings (SSSR count). The minimum absolute atomic E-state index is 0.0902. The molecule has 2 nitrogen and oxygen atoms in total. The maximum absolute atomic E-state index is 4.83. The van der Waals surface area contributed by atoms with Crippen LogP contribution in [-0.2, 0) is 0 Å². The Morgan fingerprint density at radius 2 is 1.23 bits per heavy atom. The van der Waals surface area contributed by atoms with Crippen LogP contribution in [0.1, 0.15) is 34.1 Å². The van der Waals surface area contributed by atoms with Crippen LogP contribution >= 0.6 is 0 Å². The molecule has 0 amide bonds. The van der Waals surface area contributed by atoms with E-state index in [1.807, 2.05) is 6.20 Å². The van der Waals surface area contributed by atoms with Gasteiger partial charge in [-0.1, -0.05) is 78.4 Å². The van der Waals surface area contributed by atoms with Crippen molar-refractivity contribution in [3.63, 3.8) is 0 Å². The fourth-order valence-electron chi connectivity index (χ4n) is 3.47. The molecular weight excluding hydrogens is 316 g/mol. The van der Waals surface area contributed by atoms with E-state index < -0.39 is 0 Å². The van der Waals surface area contributed by atoms with Gasteiger partial charge >= 0.3 is 0 Å². The lowest BCUT2D eigenvalue weighted by molar-refractivity contribution is 0.811. The minimum atomic E-state index is 0.0902. The Morgan fingerprint density at radius 3 is 1.77 bits per heavy atom. The lowest BCUT2D eigenvalue weighted by atomic mass is 9.90. The van der Waals surface area contributed by atoms with Crippen molar-refractivity contribution in [3.05, 3.63) is 119 Å². The van der Waals surface area contributed by atoms with Gasteiger partial charge in [-0.15, -0.1) is 0 Å². The van der Waals surface area contributed by atoms with Gasteiger partial charge in [0, 0.05) is 17.6 Å². The third-order valence-electron chi connectivity index (χ3n) is 4.78. The average molecular weight is 338 g/mol. The molecule has 0 radical (unpaired) electrons. The molecule has 4 aromatic rings. The van der Waals surface area contributed by atoms with Gasteiger partial charge in [-0.05, 0) is 37.1 Å². The second kappa shape index (κ2) is 7.01. The van der Waals surface area contributed by atoms with Gasteiger partial charge in [-0.25, -0.2) is 4.98 Å². The summed E-state index contributed by atoms with van der Waals surface area (Å²) in [5.74, 6) is 1.14. The van der Waals surface area contributed by atoms with E-state index in [1.165, 1.54) is 16.7 Å². The number of aryl methyl sites for hydroxylation is 2. The highest BCUT2D eigenvalue weighted by Gasteiger charge is 2.23. The van der Waals surface area contributed by atoms with Crippen LogP contribution in [0.4, 0.5) is 0 Å². The first-order valence-corrected chi connectivity index (χ1v) is 8.95. The maximum atomic E-state index is 4.83. The van der Waals surface area contributed by atoms with E-state index in [9.17, 15) is 0 Å². The van der Waals surface area contributed by atoms with Gasteiger partial charge in [0.2, 0.25) is 0 Å². The summed E-state index contributed by atoms with van der Waals surface area (Å²) in [5, 5.41) is 0. The van der Waals surface area contributed by atoms with Crippen molar-refractivity contribution >= 4 is 0 Å². The van der Waals surface area contributed by atoms with Gasteiger partial charge in [-0.2, -0.15) is 0 Å². The Bertz CT molecular complexity index is 944. The van der Waals surface area contributed by atoms with Crippen molar-refractivity contribution < 1.29 is 0 Å². The second-order valence-electron chi connectivity index (χ2n) is 6.68. The molecule has 0 fully saturated rings. The zero-order chi connectivity index (χ0) is 17.9. The molecule has 1 aromatic heterocycles. The third kappa shape index (κ3) is 3.06. The van der Waals surface area contributed by atoms with Gasteiger partial charge in [0.05, 0.1) is 5.92 Å². The largest absolute Gasteiger partial charge is 0.300 e. The highest BCUT2D eigenvalue weighted by atomic mass is 15.1. The van der Waals surface area contributed by atoms with Crippen molar-refractivity contribution in [3.8, 4) is 5.69 Å². The average Bonchev–Trinajstić information content (AvgIpc) is 3.06. The molecule has 0 aliphatic heterocycles. The third-order valence-corrected chi connectivity index (χ3v) is 4.78. The Morgan fingerprint density at radius 1 is 0.692 bits per heavy atom. The van der Waals surface area contributed by atoms with Crippen molar-refractivity contribution in [2.75, 3.05) is 0 Å². The lowest BCUT2D eigenvalue weighted by Gasteiger charge is -2.20. The molecule has 0 atom stereocenters. The van der Waals surface area contributed by atoms with Crippen molar-refractivity contribution in [2.45, 2.75) is 19.8 Å². The van der Waals surface area contributed by atoms with E-state index in [1.54, 1.807) is 0 Å². The second-order valence-corrected chi connectivity index (χ2v) is 6.68. The molecule has 26 heavy (non-hydrogen) atoms. The zero-order valence-electron chi connectivity index (χ0n) is 15.1. The molecule has 3 aromatic carbocycles. The molecular formula is C24H22N2. The van der Waals surface area contributed by atoms with E-state index in [-0.39, 0.29) is 5.92 Å². The summed E-state index contributed by atoms with van der Waals surface area (Å²) in [6.45, 7) is 4.23. The first-order valence-electron chi connectivity index (χ1n) is 8.95. The molecule has 0 bridgehead atoms. The summed E-state index contributed by atoms with van der Waals surface area (Å²) in [4.78, 5) is 4.83. The number of imidazole rings is 1. The van der Waals surface area contributed by atoms with Crippen molar-refractivity contribution in [1.29, 1.82) is 0 Å². The molecule has 0 unspecified atom stereocenters. The number of hydrogen-bond donors (Lipinski definition) is 0. The molecule has 1 heterocycles. The van der Waals surface area contributed by atoms with Gasteiger partial charge < -0.3 is 4.57 Å². The zero-order valence-corrected chi connectivity index (χ0v) is 15.1. The van der Waals surface area contributed by atoms with Crippen LogP contribution in [0.15, 0.2) is 91.1 Å². The maximum Gasteiger partial charge on any atom is 0.125 e. The normalized spacial score (nSPS) is 11.0. The number of nitrogens with zero attached hydrogens (tertiary/aromatic N) is 2. The van der Waals surface area contributed by atoms with Gasteiger partial charge in [0.25, 0.3) is 0 Å². The summed E-state index contributed by atoms with van der Waals surface area (Å²) >= 11 is 0.